The number of morpholine rings is 2. The van der Waals surface area contributed by atoms with E-state index in [4.69, 9.17) is 9.47 Å². The first-order valence-corrected chi connectivity index (χ1v) is 13.8. The highest BCUT2D eigenvalue weighted by atomic mass is 16.5. The van der Waals surface area contributed by atoms with Crippen molar-refractivity contribution in [3.63, 3.8) is 0 Å². The Kier molecular flexibility index (Phi) is 7.47. The number of rotatable bonds is 8. The molecule has 0 unspecified atom stereocenters. The van der Waals surface area contributed by atoms with Crippen LogP contribution in [0.4, 0.5) is 0 Å². The predicted octanol–water partition coefficient (Wildman–Crippen LogP) is 5.68. The van der Waals surface area contributed by atoms with E-state index in [1.54, 1.807) is 0 Å². The Bertz CT molecular complexity index is 1320. The van der Waals surface area contributed by atoms with Crippen molar-refractivity contribution in [3.05, 3.63) is 71.8 Å². The standard InChI is InChI=1S/C32H38N2O2/c1-2-8-26-25(7-1)13-14-31-29(11-5-15-33-17-21-35-22-18-33)27-9-3-4-10-28(27)30(32(26)31)12-6-16-34-19-23-36-24-20-34/h1-4,7-10,13-14H,5-6,11-12,15-24H2. The minimum Gasteiger partial charge on any atom is -0.379 e. The summed E-state index contributed by atoms with van der Waals surface area (Å²) in [6, 6.07) is 22.9. The summed E-state index contributed by atoms with van der Waals surface area (Å²) in [6.45, 7) is 10.0. The molecule has 6 rings (SSSR count). The second-order valence-corrected chi connectivity index (χ2v) is 10.3. The number of fused-ring (bicyclic) bond motifs is 4. The van der Waals surface area contributed by atoms with Crippen molar-refractivity contribution >= 4 is 32.3 Å². The fraction of sp³-hybridized carbons (Fsp3) is 0.438. The summed E-state index contributed by atoms with van der Waals surface area (Å²) in [5.74, 6) is 0. The van der Waals surface area contributed by atoms with Gasteiger partial charge in [0.05, 0.1) is 26.4 Å². The molecule has 0 atom stereocenters. The van der Waals surface area contributed by atoms with Crippen molar-refractivity contribution in [2.24, 2.45) is 0 Å². The highest BCUT2D eigenvalue weighted by Crippen LogP contribution is 2.38. The maximum Gasteiger partial charge on any atom is 0.0594 e. The van der Waals surface area contributed by atoms with Crippen molar-refractivity contribution in [2.75, 3.05) is 65.7 Å². The van der Waals surface area contributed by atoms with Gasteiger partial charge in [0.25, 0.3) is 0 Å². The molecule has 0 bridgehead atoms. The molecule has 2 aliphatic rings. The Balaban J connectivity index is 1.39. The van der Waals surface area contributed by atoms with Gasteiger partial charge in [-0.05, 0) is 82.2 Å². The van der Waals surface area contributed by atoms with Gasteiger partial charge in [0.1, 0.15) is 0 Å². The van der Waals surface area contributed by atoms with E-state index in [0.29, 0.717) is 0 Å². The van der Waals surface area contributed by atoms with Crippen LogP contribution in [0.5, 0.6) is 0 Å². The van der Waals surface area contributed by atoms with Gasteiger partial charge in [-0.3, -0.25) is 9.80 Å². The summed E-state index contributed by atoms with van der Waals surface area (Å²) >= 11 is 0. The molecule has 0 amide bonds. The predicted molar refractivity (Wildman–Crippen MR) is 150 cm³/mol. The van der Waals surface area contributed by atoms with Gasteiger partial charge < -0.3 is 9.47 Å². The lowest BCUT2D eigenvalue weighted by Gasteiger charge is -2.27. The number of benzene rings is 4. The fourth-order valence-corrected chi connectivity index (χ4v) is 6.27. The molecule has 4 aromatic rings. The number of hydrogen-bond donors (Lipinski definition) is 0. The van der Waals surface area contributed by atoms with Gasteiger partial charge in [-0.1, -0.05) is 60.7 Å². The third-order valence-electron chi connectivity index (χ3n) is 8.14. The quantitative estimate of drug-likeness (QED) is 0.238. The number of nitrogens with zero attached hydrogens (tertiary/aromatic N) is 2. The highest BCUT2D eigenvalue weighted by molar-refractivity contribution is 6.16. The monoisotopic (exact) mass is 482 g/mol. The van der Waals surface area contributed by atoms with E-state index in [0.717, 1.165) is 78.5 Å². The molecule has 4 heteroatoms. The molecular weight excluding hydrogens is 444 g/mol. The summed E-state index contributed by atoms with van der Waals surface area (Å²) in [4.78, 5) is 5.12. The molecule has 0 saturated carbocycles. The molecule has 0 spiro atoms. The maximum absolute atomic E-state index is 5.56. The van der Waals surface area contributed by atoms with Crippen molar-refractivity contribution in [1.29, 1.82) is 0 Å². The lowest BCUT2D eigenvalue weighted by molar-refractivity contribution is 0.0374. The molecule has 4 aromatic carbocycles. The van der Waals surface area contributed by atoms with Crippen molar-refractivity contribution in [3.8, 4) is 0 Å². The zero-order valence-electron chi connectivity index (χ0n) is 21.4. The Morgan fingerprint density at radius 1 is 0.528 bits per heavy atom. The topological polar surface area (TPSA) is 24.9 Å². The third-order valence-corrected chi connectivity index (χ3v) is 8.14. The van der Waals surface area contributed by atoms with Crippen molar-refractivity contribution < 1.29 is 9.47 Å². The van der Waals surface area contributed by atoms with Gasteiger partial charge >= 0.3 is 0 Å². The van der Waals surface area contributed by atoms with Crippen LogP contribution in [-0.2, 0) is 22.3 Å². The molecule has 36 heavy (non-hydrogen) atoms. The average molecular weight is 483 g/mol. The molecule has 0 N–H and O–H groups in total. The van der Waals surface area contributed by atoms with Gasteiger partial charge in [-0.15, -0.1) is 0 Å². The average Bonchev–Trinajstić information content (AvgIpc) is 2.95. The van der Waals surface area contributed by atoms with Crippen LogP contribution >= 0.6 is 0 Å². The minimum atomic E-state index is 0.871. The van der Waals surface area contributed by atoms with Crippen molar-refractivity contribution in [2.45, 2.75) is 25.7 Å². The Morgan fingerprint density at radius 3 is 1.69 bits per heavy atom. The minimum absolute atomic E-state index is 0.871. The number of hydrogen-bond acceptors (Lipinski definition) is 4. The lowest BCUT2D eigenvalue weighted by Crippen LogP contribution is -2.37. The summed E-state index contributed by atoms with van der Waals surface area (Å²) in [6.07, 6.45) is 4.58. The van der Waals surface area contributed by atoms with Gasteiger partial charge in [0.15, 0.2) is 0 Å². The molecule has 4 nitrogen and oxygen atoms in total. The third kappa shape index (κ3) is 5.01. The molecule has 0 aliphatic carbocycles. The second-order valence-electron chi connectivity index (χ2n) is 10.3. The smallest absolute Gasteiger partial charge is 0.0594 e. The molecule has 2 saturated heterocycles. The van der Waals surface area contributed by atoms with Crippen molar-refractivity contribution in [1.82, 2.24) is 9.80 Å². The molecule has 2 aliphatic heterocycles. The van der Waals surface area contributed by atoms with E-state index < -0.39 is 0 Å². The van der Waals surface area contributed by atoms with Crippen LogP contribution in [0.1, 0.15) is 24.0 Å². The zero-order valence-corrected chi connectivity index (χ0v) is 21.4. The van der Waals surface area contributed by atoms with Crippen LogP contribution < -0.4 is 0 Å². The molecule has 2 fully saturated rings. The Labute approximate surface area is 214 Å². The zero-order chi connectivity index (χ0) is 24.2. The SMILES string of the molecule is c1ccc2c(c1)ccc1c(CCCN3CCOCC3)c3ccccc3c(CCCN3CCOCC3)c12. The fourth-order valence-electron chi connectivity index (χ4n) is 6.27. The van der Waals surface area contributed by atoms with E-state index >= 15 is 0 Å². The molecular formula is C32H38N2O2. The van der Waals surface area contributed by atoms with Crippen LogP contribution in [0.15, 0.2) is 60.7 Å². The first-order chi connectivity index (χ1) is 17.9. The largest absolute Gasteiger partial charge is 0.379 e. The van der Waals surface area contributed by atoms with E-state index in [-0.39, 0.29) is 0 Å². The summed E-state index contributed by atoms with van der Waals surface area (Å²) < 4.78 is 11.1. The van der Waals surface area contributed by atoms with Gasteiger partial charge in [-0.25, -0.2) is 0 Å². The van der Waals surface area contributed by atoms with Crippen LogP contribution in [-0.4, -0.2) is 75.5 Å². The van der Waals surface area contributed by atoms with Crippen LogP contribution in [0.25, 0.3) is 32.3 Å². The van der Waals surface area contributed by atoms with E-state index in [9.17, 15) is 0 Å². The Hall–Kier alpha value is -2.50. The van der Waals surface area contributed by atoms with Crippen LogP contribution in [0.3, 0.4) is 0 Å². The molecule has 2 heterocycles. The summed E-state index contributed by atoms with van der Waals surface area (Å²) in [5, 5.41) is 8.57. The molecule has 0 radical (unpaired) electrons. The summed E-state index contributed by atoms with van der Waals surface area (Å²) in [7, 11) is 0. The summed E-state index contributed by atoms with van der Waals surface area (Å²) in [5.41, 5.74) is 3.05. The Morgan fingerprint density at radius 2 is 1.06 bits per heavy atom. The van der Waals surface area contributed by atoms with E-state index in [1.807, 2.05) is 0 Å². The molecule has 0 aromatic heterocycles. The highest BCUT2D eigenvalue weighted by Gasteiger charge is 2.18. The lowest BCUT2D eigenvalue weighted by atomic mass is 9.86. The number of aryl methyl sites for hydroxylation is 2. The van der Waals surface area contributed by atoms with Gasteiger partial charge in [-0.2, -0.15) is 0 Å². The van der Waals surface area contributed by atoms with Gasteiger partial charge in [0.2, 0.25) is 0 Å². The van der Waals surface area contributed by atoms with Crippen LogP contribution in [0.2, 0.25) is 0 Å². The number of ether oxygens (including phenoxy) is 2. The first-order valence-electron chi connectivity index (χ1n) is 13.8. The first kappa shape index (κ1) is 23.9. The van der Waals surface area contributed by atoms with E-state index in [1.165, 1.54) is 56.3 Å². The second kappa shape index (κ2) is 11.3. The molecule has 188 valence electrons. The normalized spacial score (nSPS) is 17.9. The van der Waals surface area contributed by atoms with Gasteiger partial charge in [0, 0.05) is 26.2 Å². The van der Waals surface area contributed by atoms with Crippen LogP contribution in [0, 0.1) is 0 Å². The maximum atomic E-state index is 5.56. The van der Waals surface area contributed by atoms with E-state index in [2.05, 4.69) is 70.5 Å².